The second-order valence-corrected chi connectivity index (χ2v) is 8.94. The van der Waals surface area contributed by atoms with Gasteiger partial charge < -0.3 is 10.4 Å². The van der Waals surface area contributed by atoms with Crippen molar-refractivity contribution in [3.8, 4) is 0 Å². The van der Waals surface area contributed by atoms with Gasteiger partial charge in [-0.3, -0.25) is 9.79 Å². The smallest absolute Gasteiger partial charge is 0.251 e. The van der Waals surface area contributed by atoms with Crippen molar-refractivity contribution in [1.82, 2.24) is 5.32 Å². The van der Waals surface area contributed by atoms with E-state index in [1.807, 2.05) is 12.1 Å². The number of hydrogen-bond acceptors (Lipinski definition) is 4. The summed E-state index contributed by atoms with van der Waals surface area (Å²) in [6.07, 6.45) is 5.59. The predicted molar refractivity (Wildman–Crippen MR) is 125 cm³/mol. The third kappa shape index (κ3) is 4.63. The Labute approximate surface area is 181 Å². The molecule has 5 heteroatoms. The molecule has 0 saturated heterocycles. The third-order valence-electron chi connectivity index (χ3n) is 6.00. The largest absolute Gasteiger partial charge is 0.395 e. The van der Waals surface area contributed by atoms with E-state index >= 15 is 0 Å². The molecule has 1 saturated carbocycles. The van der Waals surface area contributed by atoms with E-state index in [1.54, 1.807) is 11.3 Å². The Kier molecular flexibility index (Phi) is 6.60. The van der Waals surface area contributed by atoms with Crippen LogP contribution < -0.4 is 5.32 Å². The Balaban J connectivity index is 1.35. The maximum atomic E-state index is 12.0. The molecule has 3 atom stereocenters. The number of amides is 1. The molecule has 4 nitrogen and oxygen atoms in total. The highest BCUT2D eigenvalue weighted by molar-refractivity contribution is 7.17. The molecule has 1 amide bonds. The van der Waals surface area contributed by atoms with Gasteiger partial charge in [0.1, 0.15) is 0 Å². The van der Waals surface area contributed by atoms with Crippen molar-refractivity contribution in [1.29, 1.82) is 0 Å². The molecule has 3 aromatic rings. The van der Waals surface area contributed by atoms with Gasteiger partial charge in [0.05, 0.1) is 12.6 Å². The van der Waals surface area contributed by atoms with E-state index in [0.29, 0.717) is 17.4 Å². The van der Waals surface area contributed by atoms with E-state index in [1.165, 1.54) is 21.2 Å². The zero-order chi connectivity index (χ0) is 20.9. The summed E-state index contributed by atoms with van der Waals surface area (Å²) >= 11 is 1.79. The minimum atomic E-state index is -0.137. The molecular formula is C25H28N2O2S. The Hall–Kier alpha value is -2.50. The number of carbonyl (C=O) groups excluding carboxylic acids is 1. The van der Waals surface area contributed by atoms with Crippen LogP contribution in [0.25, 0.3) is 10.1 Å². The summed E-state index contributed by atoms with van der Waals surface area (Å²) in [4.78, 5) is 16.9. The van der Waals surface area contributed by atoms with E-state index in [0.717, 1.165) is 19.3 Å². The highest BCUT2D eigenvalue weighted by atomic mass is 32.1. The lowest BCUT2D eigenvalue weighted by Gasteiger charge is -2.11. The van der Waals surface area contributed by atoms with Crippen LogP contribution in [0.2, 0.25) is 0 Å². The molecule has 0 bridgehead atoms. The number of aliphatic imine (C=N–C) groups is 1. The summed E-state index contributed by atoms with van der Waals surface area (Å²) in [5, 5.41) is 15.1. The lowest BCUT2D eigenvalue weighted by molar-refractivity contribution is 0.0944. The summed E-state index contributed by atoms with van der Waals surface area (Å²) in [7, 11) is 0. The maximum absolute atomic E-state index is 12.0. The van der Waals surface area contributed by atoms with Gasteiger partial charge in [0, 0.05) is 23.0 Å². The van der Waals surface area contributed by atoms with Crippen LogP contribution in [0.4, 0.5) is 0 Å². The molecule has 0 radical (unpaired) electrons. The average molecular weight is 421 g/mol. The zero-order valence-electron chi connectivity index (χ0n) is 17.3. The van der Waals surface area contributed by atoms with Crippen LogP contribution in [0.5, 0.6) is 0 Å². The van der Waals surface area contributed by atoms with Gasteiger partial charge in [-0.25, -0.2) is 0 Å². The third-order valence-corrected chi connectivity index (χ3v) is 6.98. The van der Waals surface area contributed by atoms with Gasteiger partial charge in [0.25, 0.3) is 5.91 Å². The zero-order valence-corrected chi connectivity index (χ0v) is 18.1. The normalized spacial score (nSPS) is 20.1. The minimum Gasteiger partial charge on any atom is -0.395 e. The number of nitrogens with one attached hydrogen (secondary N) is 1. The summed E-state index contributed by atoms with van der Waals surface area (Å²) in [5.74, 6) is 0.894. The molecular weight excluding hydrogens is 392 g/mol. The van der Waals surface area contributed by atoms with Gasteiger partial charge in [-0.2, -0.15) is 0 Å². The molecule has 30 heavy (non-hydrogen) atoms. The van der Waals surface area contributed by atoms with Crippen LogP contribution in [0.1, 0.15) is 59.6 Å². The quantitative estimate of drug-likeness (QED) is 0.507. The highest BCUT2D eigenvalue weighted by Gasteiger charge is 2.25. The molecule has 156 valence electrons. The fourth-order valence-corrected chi connectivity index (χ4v) is 5.33. The van der Waals surface area contributed by atoms with Crippen molar-refractivity contribution < 1.29 is 9.90 Å². The molecule has 1 heterocycles. The van der Waals surface area contributed by atoms with Crippen LogP contribution in [0.15, 0.2) is 58.9 Å². The molecule has 1 aliphatic carbocycles. The van der Waals surface area contributed by atoms with Gasteiger partial charge in [0.2, 0.25) is 0 Å². The van der Waals surface area contributed by atoms with Gasteiger partial charge >= 0.3 is 0 Å². The molecule has 4 rings (SSSR count). The van der Waals surface area contributed by atoms with Crippen molar-refractivity contribution in [2.24, 2.45) is 10.9 Å². The first-order valence-electron chi connectivity index (χ1n) is 10.6. The summed E-state index contributed by atoms with van der Waals surface area (Å²) in [6.45, 7) is 2.41. The van der Waals surface area contributed by atoms with Gasteiger partial charge in [-0.1, -0.05) is 30.3 Å². The van der Waals surface area contributed by atoms with Gasteiger partial charge in [-0.15, -0.1) is 11.3 Å². The first-order chi connectivity index (χ1) is 14.7. The Morgan fingerprint density at radius 1 is 1.23 bits per heavy atom. The van der Waals surface area contributed by atoms with Crippen molar-refractivity contribution in [2.75, 3.05) is 13.2 Å². The number of thiophene rings is 1. The molecule has 0 aliphatic heterocycles. The van der Waals surface area contributed by atoms with Crippen molar-refractivity contribution in [3.63, 3.8) is 0 Å². The fourth-order valence-electron chi connectivity index (χ4n) is 4.29. The maximum Gasteiger partial charge on any atom is 0.251 e. The molecule has 3 unspecified atom stereocenters. The summed E-state index contributed by atoms with van der Waals surface area (Å²) < 4.78 is 1.32. The summed E-state index contributed by atoms with van der Waals surface area (Å²) in [6, 6.07) is 16.6. The first-order valence-corrected chi connectivity index (χ1v) is 11.5. The predicted octanol–water partition coefficient (Wildman–Crippen LogP) is 5.34. The minimum absolute atomic E-state index is 0.0455. The van der Waals surface area contributed by atoms with Gasteiger partial charge in [0.15, 0.2) is 0 Å². The van der Waals surface area contributed by atoms with Crippen LogP contribution in [0.3, 0.4) is 0 Å². The molecule has 0 spiro atoms. The van der Waals surface area contributed by atoms with E-state index < -0.39 is 0 Å². The van der Waals surface area contributed by atoms with E-state index in [4.69, 9.17) is 10.1 Å². The lowest BCUT2D eigenvalue weighted by Crippen LogP contribution is -2.26. The number of fused-ring (bicyclic) bond motifs is 1. The van der Waals surface area contributed by atoms with Gasteiger partial charge in [-0.05, 0) is 78.1 Å². The fraction of sp³-hybridized carbons (Fsp3) is 0.360. The molecule has 1 fully saturated rings. The van der Waals surface area contributed by atoms with Crippen molar-refractivity contribution in [2.45, 2.75) is 38.1 Å². The highest BCUT2D eigenvalue weighted by Crippen LogP contribution is 2.38. The van der Waals surface area contributed by atoms with E-state index in [9.17, 15) is 4.79 Å². The van der Waals surface area contributed by atoms with Crippen LogP contribution >= 0.6 is 11.3 Å². The van der Waals surface area contributed by atoms with E-state index in [2.05, 4.69) is 60.2 Å². The monoisotopic (exact) mass is 420 g/mol. The van der Waals surface area contributed by atoms with Crippen molar-refractivity contribution in [3.05, 3.63) is 70.6 Å². The number of rotatable bonds is 7. The van der Waals surface area contributed by atoms with Crippen LogP contribution in [-0.2, 0) is 0 Å². The van der Waals surface area contributed by atoms with Crippen LogP contribution in [-0.4, -0.2) is 30.4 Å². The first kappa shape index (κ1) is 20.8. The Morgan fingerprint density at radius 3 is 2.83 bits per heavy atom. The number of benzene rings is 2. The molecule has 2 aromatic carbocycles. The number of aliphatic hydroxyl groups excluding tert-OH is 1. The average Bonchev–Trinajstić information content (AvgIpc) is 3.43. The second-order valence-electron chi connectivity index (χ2n) is 8.03. The Morgan fingerprint density at radius 2 is 2.03 bits per heavy atom. The van der Waals surface area contributed by atoms with Crippen LogP contribution in [0, 0.1) is 5.92 Å². The SMILES string of the molecule is CC(N=CC1CCC(c2ccc(C(=O)NCCO)cc2)C1)c1csc2ccccc12. The standard InChI is InChI=1S/C25H28N2O2S/c1-17(23-16-30-24-5-3-2-4-22(23)24)27-15-18-6-7-21(14-18)19-8-10-20(11-9-19)25(29)26-12-13-28/h2-5,8-11,15-18,21,28H,6-7,12-14H2,1H3,(H,26,29). The van der Waals surface area contributed by atoms with E-state index in [-0.39, 0.29) is 25.1 Å². The number of aliphatic hydroxyl groups is 1. The molecule has 1 aromatic heterocycles. The number of carbonyl (C=O) groups is 1. The summed E-state index contributed by atoms with van der Waals surface area (Å²) in [5.41, 5.74) is 3.25. The second kappa shape index (κ2) is 9.54. The van der Waals surface area contributed by atoms with Crippen molar-refractivity contribution >= 4 is 33.5 Å². The topological polar surface area (TPSA) is 61.7 Å². The molecule has 2 N–H and O–H groups in total. The molecule has 1 aliphatic rings. The lowest BCUT2D eigenvalue weighted by atomic mass is 9.95. The Bertz CT molecular complexity index is 1030. The number of hydrogen-bond donors (Lipinski definition) is 2. The number of nitrogens with zero attached hydrogens (tertiary/aromatic N) is 1.